The van der Waals surface area contributed by atoms with Crippen molar-refractivity contribution in [2.45, 2.75) is 25.7 Å². The van der Waals surface area contributed by atoms with Gasteiger partial charge in [0.2, 0.25) is 0 Å². The zero-order valence-corrected chi connectivity index (χ0v) is 12.6. The highest BCUT2D eigenvalue weighted by atomic mass is 35.5. The Labute approximate surface area is 125 Å². The van der Waals surface area contributed by atoms with E-state index in [1.807, 2.05) is 11.9 Å². The molecular weight excluding hydrogens is 272 g/mol. The molecule has 0 saturated heterocycles. The Hall–Kier alpha value is -1.22. The summed E-state index contributed by atoms with van der Waals surface area (Å²) in [5, 5.41) is 0.515. The Morgan fingerprint density at radius 3 is 2.75 bits per heavy atom. The minimum atomic E-state index is 0.0157. The van der Waals surface area contributed by atoms with Gasteiger partial charge in [0.05, 0.1) is 0 Å². The normalized spacial score (nSPS) is 27.8. The number of hydrogen-bond acceptors (Lipinski definition) is 2. The summed E-state index contributed by atoms with van der Waals surface area (Å²) in [6.45, 7) is 0.854. The van der Waals surface area contributed by atoms with Crippen molar-refractivity contribution in [3.05, 3.63) is 28.8 Å². The molecule has 1 aromatic rings. The van der Waals surface area contributed by atoms with Crippen molar-refractivity contribution in [2.75, 3.05) is 19.3 Å². The molecule has 2 fully saturated rings. The first kappa shape index (κ1) is 13.7. The molecule has 3 atom stereocenters. The van der Waals surface area contributed by atoms with Crippen LogP contribution in [0.1, 0.15) is 36.0 Å². The number of carbonyl (C=O) groups excluding carboxylic acids is 1. The van der Waals surface area contributed by atoms with Crippen molar-refractivity contribution in [1.82, 2.24) is 4.90 Å². The summed E-state index contributed by atoms with van der Waals surface area (Å²) < 4.78 is 0. The van der Waals surface area contributed by atoms with Crippen LogP contribution in [-0.2, 0) is 0 Å². The van der Waals surface area contributed by atoms with Crippen molar-refractivity contribution < 1.29 is 4.79 Å². The second kappa shape index (κ2) is 5.28. The average Bonchev–Trinajstić information content (AvgIpc) is 2.98. The van der Waals surface area contributed by atoms with Gasteiger partial charge >= 0.3 is 0 Å². The van der Waals surface area contributed by atoms with Crippen molar-refractivity contribution in [3.63, 3.8) is 0 Å². The molecular formula is C16H21ClN2O. The summed E-state index contributed by atoms with van der Waals surface area (Å²) in [4.78, 5) is 14.3. The van der Waals surface area contributed by atoms with E-state index in [0.717, 1.165) is 18.4 Å². The van der Waals surface area contributed by atoms with Crippen LogP contribution in [0.25, 0.3) is 0 Å². The standard InChI is InChI=1S/C16H21ClN2O/c1-19(9-13-5-10-2-3-11(13)4-10)16(20)12-6-14(17)8-15(18)7-12/h6-8,10-11,13H,2-5,9,18H2,1H3. The first-order chi connectivity index (χ1) is 9.52. The number of anilines is 1. The summed E-state index contributed by atoms with van der Waals surface area (Å²) in [6, 6.07) is 5.05. The minimum absolute atomic E-state index is 0.0157. The van der Waals surface area contributed by atoms with Crippen LogP contribution in [-0.4, -0.2) is 24.4 Å². The van der Waals surface area contributed by atoms with Gasteiger partial charge in [0.1, 0.15) is 0 Å². The van der Waals surface area contributed by atoms with E-state index in [-0.39, 0.29) is 5.91 Å². The van der Waals surface area contributed by atoms with E-state index in [0.29, 0.717) is 22.2 Å². The molecule has 3 rings (SSSR count). The number of carbonyl (C=O) groups is 1. The van der Waals surface area contributed by atoms with E-state index in [2.05, 4.69) is 0 Å². The van der Waals surface area contributed by atoms with E-state index in [9.17, 15) is 4.79 Å². The maximum Gasteiger partial charge on any atom is 0.253 e. The van der Waals surface area contributed by atoms with Gasteiger partial charge in [-0.05, 0) is 55.2 Å². The predicted molar refractivity (Wildman–Crippen MR) is 81.8 cm³/mol. The number of fused-ring (bicyclic) bond motifs is 2. The number of amides is 1. The summed E-state index contributed by atoms with van der Waals surface area (Å²) in [7, 11) is 1.88. The molecule has 0 spiro atoms. The third kappa shape index (κ3) is 2.64. The predicted octanol–water partition coefficient (Wildman–Crippen LogP) is 3.43. The van der Waals surface area contributed by atoms with Crippen LogP contribution in [0.3, 0.4) is 0 Å². The highest BCUT2D eigenvalue weighted by Crippen LogP contribution is 2.48. The molecule has 0 heterocycles. The summed E-state index contributed by atoms with van der Waals surface area (Å²) in [6.07, 6.45) is 5.40. The van der Waals surface area contributed by atoms with Gasteiger partial charge in [-0.3, -0.25) is 4.79 Å². The molecule has 4 heteroatoms. The average molecular weight is 293 g/mol. The van der Waals surface area contributed by atoms with Gasteiger partial charge in [-0.2, -0.15) is 0 Å². The van der Waals surface area contributed by atoms with E-state index in [4.69, 9.17) is 17.3 Å². The van der Waals surface area contributed by atoms with Crippen molar-refractivity contribution >= 4 is 23.2 Å². The monoisotopic (exact) mass is 292 g/mol. The van der Waals surface area contributed by atoms with Crippen LogP contribution in [0, 0.1) is 17.8 Å². The van der Waals surface area contributed by atoms with Crippen molar-refractivity contribution in [2.24, 2.45) is 17.8 Å². The summed E-state index contributed by atoms with van der Waals surface area (Å²) in [5.74, 6) is 2.44. The number of nitrogen functional groups attached to an aromatic ring is 1. The molecule has 2 N–H and O–H groups in total. The fourth-order valence-corrected chi connectivity index (χ4v) is 4.23. The quantitative estimate of drug-likeness (QED) is 0.868. The number of rotatable bonds is 3. The van der Waals surface area contributed by atoms with Gasteiger partial charge in [-0.15, -0.1) is 0 Å². The number of hydrogen-bond donors (Lipinski definition) is 1. The van der Waals surface area contributed by atoms with Gasteiger partial charge in [0, 0.05) is 29.9 Å². The van der Waals surface area contributed by atoms with Crippen LogP contribution in [0.5, 0.6) is 0 Å². The molecule has 2 aliphatic rings. The highest BCUT2D eigenvalue weighted by Gasteiger charge is 2.40. The van der Waals surface area contributed by atoms with Crippen LogP contribution >= 0.6 is 11.6 Å². The van der Waals surface area contributed by atoms with Gasteiger partial charge < -0.3 is 10.6 Å². The van der Waals surface area contributed by atoms with Gasteiger partial charge in [-0.25, -0.2) is 0 Å². The molecule has 2 aliphatic carbocycles. The van der Waals surface area contributed by atoms with Crippen LogP contribution in [0.2, 0.25) is 5.02 Å². The van der Waals surface area contributed by atoms with Crippen molar-refractivity contribution in [1.29, 1.82) is 0 Å². The summed E-state index contributed by atoms with van der Waals surface area (Å²) >= 11 is 5.97. The lowest BCUT2D eigenvalue weighted by molar-refractivity contribution is 0.0754. The molecule has 2 saturated carbocycles. The Morgan fingerprint density at radius 2 is 2.15 bits per heavy atom. The lowest BCUT2D eigenvalue weighted by Crippen LogP contribution is -2.33. The zero-order valence-electron chi connectivity index (χ0n) is 11.8. The summed E-state index contributed by atoms with van der Waals surface area (Å²) in [5.41, 5.74) is 6.88. The van der Waals surface area contributed by atoms with E-state index in [1.54, 1.807) is 18.2 Å². The number of nitrogens with zero attached hydrogens (tertiary/aromatic N) is 1. The first-order valence-corrected chi connectivity index (χ1v) is 7.72. The van der Waals surface area contributed by atoms with Crippen LogP contribution < -0.4 is 5.73 Å². The van der Waals surface area contributed by atoms with Gasteiger partial charge in [-0.1, -0.05) is 18.0 Å². The number of halogens is 1. The topological polar surface area (TPSA) is 46.3 Å². The van der Waals surface area contributed by atoms with Crippen LogP contribution in [0.4, 0.5) is 5.69 Å². The molecule has 3 nitrogen and oxygen atoms in total. The second-order valence-corrected chi connectivity index (χ2v) is 6.83. The molecule has 0 aromatic heterocycles. The molecule has 1 aromatic carbocycles. The van der Waals surface area contributed by atoms with E-state index >= 15 is 0 Å². The number of benzene rings is 1. The lowest BCUT2D eigenvalue weighted by Gasteiger charge is -2.27. The maximum atomic E-state index is 12.5. The minimum Gasteiger partial charge on any atom is -0.399 e. The highest BCUT2D eigenvalue weighted by molar-refractivity contribution is 6.31. The third-order valence-corrected chi connectivity index (χ3v) is 5.12. The third-order valence-electron chi connectivity index (χ3n) is 4.91. The first-order valence-electron chi connectivity index (χ1n) is 7.34. The Morgan fingerprint density at radius 1 is 1.35 bits per heavy atom. The van der Waals surface area contributed by atoms with Gasteiger partial charge in [0.15, 0.2) is 0 Å². The molecule has 108 valence electrons. The van der Waals surface area contributed by atoms with Crippen LogP contribution in [0.15, 0.2) is 18.2 Å². The molecule has 1 amide bonds. The van der Waals surface area contributed by atoms with Crippen molar-refractivity contribution in [3.8, 4) is 0 Å². The van der Waals surface area contributed by atoms with E-state index < -0.39 is 0 Å². The SMILES string of the molecule is CN(CC1CC2CCC1C2)C(=O)c1cc(N)cc(Cl)c1. The maximum absolute atomic E-state index is 12.5. The second-order valence-electron chi connectivity index (χ2n) is 6.39. The van der Waals surface area contributed by atoms with E-state index in [1.165, 1.54) is 25.7 Å². The molecule has 20 heavy (non-hydrogen) atoms. The Bertz CT molecular complexity index is 511. The smallest absolute Gasteiger partial charge is 0.253 e. The lowest BCUT2D eigenvalue weighted by atomic mass is 9.88. The Balaban J connectivity index is 1.67. The molecule has 3 unspecified atom stereocenters. The molecule has 0 aliphatic heterocycles. The molecule has 0 radical (unpaired) electrons. The Kier molecular flexibility index (Phi) is 3.63. The molecule has 2 bridgehead atoms. The fourth-order valence-electron chi connectivity index (χ4n) is 3.99. The largest absolute Gasteiger partial charge is 0.399 e. The zero-order chi connectivity index (χ0) is 14.3. The fraction of sp³-hybridized carbons (Fsp3) is 0.562. The number of nitrogens with two attached hydrogens (primary N) is 1. The van der Waals surface area contributed by atoms with Gasteiger partial charge in [0.25, 0.3) is 5.91 Å².